The van der Waals surface area contributed by atoms with Crippen molar-refractivity contribution in [3.05, 3.63) is 0 Å². The monoisotopic (exact) mass is 116 g/mol. The first-order chi connectivity index (χ1) is 3.70. The number of hydrazine groups is 1. The van der Waals surface area contributed by atoms with E-state index in [9.17, 15) is 0 Å². The van der Waals surface area contributed by atoms with E-state index in [-0.39, 0.29) is 6.10 Å². The zero-order chi connectivity index (χ0) is 6.15. The Bertz CT molecular complexity index is 76.5. The van der Waals surface area contributed by atoms with Gasteiger partial charge in [-0.15, -0.1) is 0 Å². The smallest absolute Gasteiger partial charge is 0.0719 e. The number of hydrogen-bond donors (Lipinski definition) is 2. The summed E-state index contributed by atoms with van der Waals surface area (Å²) < 4.78 is 0. The Morgan fingerprint density at radius 3 is 2.38 bits per heavy atom. The topological polar surface area (TPSA) is 49.5 Å². The van der Waals surface area contributed by atoms with Crippen molar-refractivity contribution in [1.82, 2.24) is 5.01 Å². The highest BCUT2D eigenvalue weighted by molar-refractivity contribution is 4.76. The van der Waals surface area contributed by atoms with Crippen LogP contribution in [-0.4, -0.2) is 29.3 Å². The molecule has 3 N–H and O–H groups in total. The van der Waals surface area contributed by atoms with Crippen molar-refractivity contribution >= 4 is 0 Å². The van der Waals surface area contributed by atoms with Crippen LogP contribution in [0.15, 0.2) is 0 Å². The Balaban J connectivity index is 2.39. The standard InChI is InChI=1S/C5H12N2O/c1-4-2-7(6)3-5(4)8/h4-5,8H,2-3,6H2,1H3/t4-,5-/m1/s1. The third kappa shape index (κ3) is 0.992. The molecular weight excluding hydrogens is 104 g/mol. The molecule has 0 aromatic heterocycles. The maximum Gasteiger partial charge on any atom is 0.0719 e. The minimum Gasteiger partial charge on any atom is -0.391 e. The lowest BCUT2D eigenvalue weighted by Crippen LogP contribution is -2.28. The first-order valence-corrected chi connectivity index (χ1v) is 2.88. The van der Waals surface area contributed by atoms with Gasteiger partial charge >= 0.3 is 0 Å². The predicted molar refractivity (Wildman–Crippen MR) is 30.9 cm³/mol. The highest BCUT2D eigenvalue weighted by Crippen LogP contribution is 2.11. The van der Waals surface area contributed by atoms with Crippen LogP contribution >= 0.6 is 0 Å². The van der Waals surface area contributed by atoms with Crippen LogP contribution in [0.5, 0.6) is 0 Å². The maximum atomic E-state index is 9.05. The van der Waals surface area contributed by atoms with Crippen LogP contribution in [0.4, 0.5) is 0 Å². The Labute approximate surface area is 49.1 Å². The van der Waals surface area contributed by atoms with Crippen LogP contribution in [-0.2, 0) is 0 Å². The number of aliphatic hydroxyl groups is 1. The number of aliphatic hydroxyl groups excluding tert-OH is 1. The summed E-state index contributed by atoms with van der Waals surface area (Å²) in [6.07, 6.45) is -0.208. The Kier molecular flexibility index (Phi) is 1.51. The molecule has 1 fully saturated rings. The van der Waals surface area contributed by atoms with Gasteiger partial charge in [0, 0.05) is 13.1 Å². The van der Waals surface area contributed by atoms with E-state index < -0.39 is 0 Å². The second kappa shape index (κ2) is 2.01. The zero-order valence-electron chi connectivity index (χ0n) is 5.04. The van der Waals surface area contributed by atoms with E-state index in [0.29, 0.717) is 12.5 Å². The highest BCUT2D eigenvalue weighted by atomic mass is 16.3. The quantitative estimate of drug-likeness (QED) is 0.406. The van der Waals surface area contributed by atoms with Gasteiger partial charge in [-0.2, -0.15) is 0 Å². The second-order valence-electron chi connectivity index (χ2n) is 2.50. The molecule has 8 heavy (non-hydrogen) atoms. The molecular formula is C5H12N2O. The summed E-state index contributed by atoms with van der Waals surface area (Å²) in [6, 6.07) is 0. The van der Waals surface area contributed by atoms with Gasteiger partial charge < -0.3 is 5.11 Å². The molecule has 1 rings (SSSR count). The summed E-state index contributed by atoms with van der Waals surface area (Å²) in [5.41, 5.74) is 0. The fraction of sp³-hybridized carbons (Fsp3) is 1.00. The van der Waals surface area contributed by atoms with Crippen LogP contribution in [0, 0.1) is 5.92 Å². The molecule has 0 radical (unpaired) electrons. The van der Waals surface area contributed by atoms with Gasteiger partial charge in [0.25, 0.3) is 0 Å². The van der Waals surface area contributed by atoms with E-state index in [0.717, 1.165) is 6.54 Å². The summed E-state index contributed by atoms with van der Waals surface area (Å²) in [5, 5.41) is 10.7. The summed E-state index contributed by atoms with van der Waals surface area (Å²) in [4.78, 5) is 0. The van der Waals surface area contributed by atoms with Crippen molar-refractivity contribution in [3.63, 3.8) is 0 Å². The van der Waals surface area contributed by atoms with Crippen LogP contribution < -0.4 is 5.84 Å². The van der Waals surface area contributed by atoms with E-state index in [1.54, 1.807) is 5.01 Å². The molecule has 48 valence electrons. The van der Waals surface area contributed by atoms with Gasteiger partial charge in [0.05, 0.1) is 6.10 Å². The summed E-state index contributed by atoms with van der Waals surface area (Å²) in [6.45, 7) is 3.44. The molecule has 0 aromatic rings. The van der Waals surface area contributed by atoms with Crippen molar-refractivity contribution in [2.45, 2.75) is 13.0 Å². The molecule has 0 saturated carbocycles. The molecule has 3 heteroatoms. The summed E-state index contributed by atoms with van der Waals surface area (Å²) in [7, 11) is 0. The molecule has 0 bridgehead atoms. The van der Waals surface area contributed by atoms with Gasteiger partial charge in [-0.1, -0.05) is 6.92 Å². The largest absolute Gasteiger partial charge is 0.391 e. The number of hydrogen-bond acceptors (Lipinski definition) is 3. The molecule has 2 atom stereocenters. The first-order valence-electron chi connectivity index (χ1n) is 2.88. The summed E-state index contributed by atoms with van der Waals surface area (Å²) >= 11 is 0. The van der Waals surface area contributed by atoms with Crippen molar-refractivity contribution in [2.75, 3.05) is 13.1 Å². The lowest BCUT2D eigenvalue weighted by molar-refractivity contribution is 0.148. The van der Waals surface area contributed by atoms with Crippen LogP contribution in [0.2, 0.25) is 0 Å². The first kappa shape index (κ1) is 6.01. The summed E-state index contributed by atoms with van der Waals surface area (Å²) in [5.74, 6) is 5.74. The molecule has 1 aliphatic rings. The fourth-order valence-corrected chi connectivity index (χ4v) is 0.986. The molecule has 0 aromatic carbocycles. The zero-order valence-corrected chi connectivity index (χ0v) is 5.04. The van der Waals surface area contributed by atoms with Crippen molar-refractivity contribution in [2.24, 2.45) is 11.8 Å². The second-order valence-corrected chi connectivity index (χ2v) is 2.50. The van der Waals surface area contributed by atoms with Gasteiger partial charge in [-0.3, -0.25) is 5.84 Å². The van der Waals surface area contributed by atoms with E-state index in [2.05, 4.69) is 0 Å². The SMILES string of the molecule is C[C@@H]1CN(N)C[C@H]1O. The maximum absolute atomic E-state index is 9.05. The average Bonchev–Trinajstić information content (AvgIpc) is 1.85. The fourth-order valence-electron chi connectivity index (χ4n) is 0.986. The number of rotatable bonds is 0. The van der Waals surface area contributed by atoms with Gasteiger partial charge in [0.2, 0.25) is 0 Å². The third-order valence-electron chi connectivity index (χ3n) is 1.60. The van der Waals surface area contributed by atoms with Crippen molar-refractivity contribution in [3.8, 4) is 0 Å². The minimum atomic E-state index is -0.208. The molecule has 1 heterocycles. The van der Waals surface area contributed by atoms with Gasteiger partial charge in [-0.25, -0.2) is 5.01 Å². The number of nitrogens with two attached hydrogens (primary N) is 1. The van der Waals surface area contributed by atoms with Crippen LogP contribution in [0.25, 0.3) is 0 Å². The van der Waals surface area contributed by atoms with E-state index >= 15 is 0 Å². The predicted octanol–water partition coefficient (Wildman–Crippen LogP) is -0.827. The normalized spacial score (nSPS) is 40.9. The van der Waals surface area contributed by atoms with Gasteiger partial charge in [0.15, 0.2) is 0 Å². The van der Waals surface area contributed by atoms with Gasteiger partial charge in [0.1, 0.15) is 0 Å². The Hall–Kier alpha value is -0.120. The van der Waals surface area contributed by atoms with E-state index in [1.165, 1.54) is 0 Å². The average molecular weight is 116 g/mol. The Morgan fingerprint density at radius 1 is 1.62 bits per heavy atom. The van der Waals surface area contributed by atoms with Crippen LogP contribution in [0.3, 0.4) is 0 Å². The molecule has 1 aliphatic heterocycles. The number of β-amino-alcohol motifs (C(OH)–C–C–N with tert-alkyl or cyclic N) is 1. The molecule has 0 spiro atoms. The Morgan fingerprint density at radius 2 is 2.25 bits per heavy atom. The lowest BCUT2D eigenvalue weighted by Gasteiger charge is -2.02. The van der Waals surface area contributed by atoms with Crippen molar-refractivity contribution < 1.29 is 5.11 Å². The van der Waals surface area contributed by atoms with Crippen LogP contribution in [0.1, 0.15) is 6.92 Å². The molecule has 1 saturated heterocycles. The molecule has 0 amide bonds. The van der Waals surface area contributed by atoms with Crippen molar-refractivity contribution in [1.29, 1.82) is 0 Å². The van der Waals surface area contributed by atoms with Gasteiger partial charge in [-0.05, 0) is 5.92 Å². The molecule has 3 nitrogen and oxygen atoms in total. The van der Waals surface area contributed by atoms with E-state index in [4.69, 9.17) is 10.9 Å². The molecule has 0 aliphatic carbocycles. The molecule has 0 unspecified atom stereocenters. The number of nitrogens with zero attached hydrogens (tertiary/aromatic N) is 1. The highest BCUT2D eigenvalue weighted by Gasteiger charge is 2.24. The minimum absolute atomic E-state index is 0.208. The lowest BCUT2D eigenvalue weighted by atomic mass is 10.1. The third-order valence-corrected chi connectivity index (χ3v) is 1.60. The van der Waals surface area contributed by atoms with E-state index in [1.807, 2.05) is 6.92 Å².